The third-order valence-corrected chi connectivity index (χ3v) is 3.64. The van der Waals surface area contributed by atoms with Crippen LogP contribution in [0.2, 0.25) is 0 Å². The van der Waals surface area contributed by atoms with E-state index < -0.39 is 10.9 Å². The van der Waals surface area contributed by atoms with E-state index >= 15 is 0 Å². The molecular formula is C13H13N3O4S. The zero-order chi connectivity index (χ0) is 15.4. The number of pyridine rings is 1. The molecule has 0 unspecified atom stereocenters. The number of esters is 1. The molecular weight excluding hydrogens is 294 g/mol. The number of hydrogen-bond donors (Lipinski definition) is 0. The van der Waals surface area contributed by atoms with Crippen molar-refractivity contribution in [3.8, 4) is 0 Å². The second-order valence-corrected chi connectivity index (χ2v) is 5.26. The number of thiophene rings is 1. The maximum atomic E-state index is 11.5. The minimum Gasteiger partial charge on any atom is -0.464 e. The molecule has 0 atom stereocenters. The fraction of sp³-hybridized carbons (Fsp3) is 0.231. The first-order valence-electron chi connectivity index (χ1n) is 6.00. The molecule has 0 saturated carbocycles. The van der Waals surface area contributed by atoms with Crippen molar-refractivity contribution in [2.75, 3.05) is 19.1 Å². The summed E-state index contributed by atoms with van der Waals surface area (Å²) in [6, 6.07) is 6.38. The molecule has 2 aromatic heterocycles. The summed E-state index contributed by atoms with van der Waals surface area (Å²) in [4.78, 5) is 28.8. The molecule has 110 valence electrons. The summed E-state index contributed by atoms with van der Waals surface area (Å²) < 4.78 is 4.59. The predicted molar refractivity (Wildman–Crippen MR) is 78.7 cm³/mol. The van der Waals surface area contributed by atoms with Gasteiger partial charge in [0, 0.05) is 18.0 Å². The smallest absolute Gasteiger partial charge is 0.356 e. The third kappa shape index (κ3) is 3.34. The summed E-state index contributed by atoms with van der Waals surface area (Å²) in [7, 11) is 2.93. The van der Waals surface area contributed by atoms with Crippen LogP contribution in [0.5, 0.6) is 0 Å². The number of hydrogen-bond acceptors (Lipinski definition) is 7. The Morgan fingerprint density at radius 1 is 1.48 bits per heavy atom. The summed E-state index contributed by atoms with van der Waals surface area (Å²) >= 11 is 1.54. The maximum absolute atomic E-state index is 11.5. The molecule has 21 heavy (non-hydrogen) atoms. The summed E-state index contributed by atoms with van der Waals surface area (Å²) in [6.45, 7) is 0.468. The predicted octanol–water partition coefficient (Wildman–Crippen LogP) is 2.47. The molecule has 0 aliphatic carbocycles. The lowest BCUT2D eigenvalue weighted by molar-refractivity contribution is -0.384. The Morgan fingerprint density at radius 3 is 2.81 bits per heavy atom. The van der Waals surface area contributed by atoms with Crippen LogP contribution >= 0.6 is 11.3 Å². The standard InChI is InChI=1S/C13H13N3O4S/c1-15(8-9-4-3-7-21-9)12-11(16(18)19)6-5-10(14-12)13(17)20-2/h3-7H,8H2,1-2H3. The van der Waals surface area contributed by atoms with Gasteiger partial charge in [0.1, 0.15) is 0 Å². The lowest BCUT2D eigenvalue weighted by Gasteiger charge is -2.17. The molecule has 7 nitrogen and oxygen atoms in total. The Bertz CT molecular complexity index is 657. The number of aromatic nitrogens is 1. The minimum absolute atomic E-state index is 0.0381. The Labute approximate surface area is 124 Å². The molecule has 2 rings (SSSR count). The largest absolute Gasteiger partial charge is 0.464 e. The first-order valence-corrected chi connectivity index (χ1v) is 6.88. The van der Waals surface area contributed by atoms with Crippen LogP contribution in [0.3, 0.4) is 0 Å². The van der Waals surface area contributed by atoms with Gasteiger partial charge in [0.05, 0.1) is 18.6 Å². The van der Waals surface area contributed by atoms with Gasteiger partial charge in [0.2, 0.25) is 5.82 Å². The van der Waals surface area contributed by atoms with Crippen molar-refractivity contribution in [2.24, 2.45) is 0 Å². The van der Waals surface area contributed by atoms with Crippen LogP contribution in [0.4, 0.5) is 11.5 Å². The first-order chi connectivity index (χ1) is 10.0. The van der Waals surface area contributed by atoms with Crippen LogP contribution in [-0.4, -0.2) is 30.0 Å². The van der Waals surface area contributed by atoms with Crippen molar-refractivity contribution in [1.29, 1.82) is 0 Å². The van der Waals surface area contributed by atoms with E-state index in [1.54, 1.807) is 23.3 Å². The van der Waals surface area contributed by atoms with Crippen LogP contribution in [0.25, 0.3) is 0 Å². The van der Waals surface area contributed by atoms with Crippen LogP contribution < -0.4 is 4.90 Å². The van der Waals surface area contributed by atoms with E-state index in [9.17, 15) is 14.9 Å². The highest BCUT2D eigenvalue weighted by atomic mass is 32.1. The van der Waals surface area contributed by atoms with Crippen molar-refractivity contribution in [3.63, 3.8) is 0 Å². The SMILES string of the molecule is COC(=O)c1ccc([N+](=O)[O-])c(N(C)Cc2cccs2)n1. The molecule has 0 N–H and O–H groups in total. The number of rotatable bonds is 5. The lowest BCUT2D eigenvalue weighted by atomic mass is 10.3. The van der Waals surface area contributed by atoms with E-state index in [0.29, 0.717) is 6.54 Å². The number of carbonyl (C=O) groups excluding carboxylic acids is 1. The highest BCUT2D eigenvalue weighted by Gasteiger charge is 2.22. The second-order valence-electron chi connectivity index (χ2n) is 4.22. The quantitative estimate of drug-likeness (QED) is 0.479. The van der Waals surface area contributed by atoms with E-state index in [4.69, 9.17) is 0 Å². The molecule has 0 aliphatic heterocycles. The Hall–Kier alpha value is -2.48. The Balaban J connectivity index is 2.37. The Morgan fingerprint density at radius 2 is 2.24 bits per heavy atom. The number of methoxy groups -OCH3 is 1. The monoisotopic (exact) mass is 307 g/mol. The van der Waals surface area contributed by atoms with Gasteiger partial charge in [-0.3, -0.25) is 10.1 Å². The van der Waals surface area contributed by atoms with Gasteiger partial charge < -0.3 is 9.64 Å². The summed E-state index contributed by atoms with van der Waals surface area (Å²) in [5.41, 5.74) is -0.113. The average molecular weight is 307 g/mol. The number of ether oxygens (including phenoxy) is 1. The topological polar surface area (TPSA) is 85.6 Å². The fourth-order valence-corrected chi connectivity index (χ4v) is 2.55. The Kier molecular flexibility index (Phi) is 4.49. The van der Waals surface area contributed by atoms with E-state index in [0.717, 1.165) is 4.88 Å². The van der Waals surface area contributed by atoms with Gasteiger partial charge >= 0.3 is 11.7 Å². The van der Waals surface area contributed by atoms with Crippen LogP contribution in [0.15, 0.2) is 29.6 Å². The lowest BCUT2D eigenvalue weighted by Crippen LogP contribution is -2.20. The van der Waals surface area contributed by atoms with Gasteiger partial charge in [-0.25, -0.2) is 9.78 Å². The zero-order valence-electron chi connectivity index (χ0n) is 11.5. The summed E-state index contributed by atoms with van der Waals surface area (Å²) in [5.74, 6) is -0.494. The van der Waals surface area contributed by atoms with Gasteiger partial charge in [0.15, 0.2) is 5.69 Å². The number of anilines is 1. The first kappa shape index (κ1) is 14.9. The van der Waals surface area contributed by atoms with Crippen molar-refractivity contribution in [1.82, 2.24) is 4.98 Å². The molecule has 0 amide bonds. The van der Waals surface area contributed by atoms with Gasteiger partial charge in [0.25, 0.3) is 0 Å². The summed E-state index contributed by atoms with van der Waals surface area (Å²) in [6.07, 6.45) is 0. The van der Waals surface area contributed by atoms with E-state index in [-0.39, 0.29) is 17.2 Å². The van der Waals surface area contributed by atoms with Crippen LogP contribution in [0, 0.1) is 10.1 Å². The number of nitrogens with zero attached hydrogens (tertiary/aromatic N) is 3. The van der Waals surface area contributed by atoms with Crippen molar-refractivity contribution in [3.05, 3.63) is 50.3 Å². The molecule has 0 aliphatic rings. The van der Waals surface area contributed by atoms with Crippen LogP contribution in [0.1, 0.15) is 15.4 Å². The molecule has 0 aromatic carbocycles. The molecule has 2 aromatic rings. The van der Waals surface area contributed by atoms with Crippen LogP contribution in [-0.2, 0) is 11.3 Å². The van der Waals surface area contributed by atoms with Gasteiger partial charge in [-0.1, -0.05) is 6.07 Å². The fourth-order valence-electron chi connectivity index (χ4n) is 1.79. The van der Waals surface area contributed by atoms with Crippen molar-refractivity contribution in [2.45, 2.75) is 6.54 Å². The van der Waals surface area contributed by atoms with E-state index in [2.05, 4.69) is 9.72 Å². The zero-order valence-corrected chi connectivity index (χ0v) is 12.3. The molecule has 0 radical (unpaired) electrons. The average Bonchev–Trinajstić information content (AvgIpc) is 2.98. The number of carbonyl (C=O) groups is 1. The minimum atomic E-state index is -0.629. The van der Waals surface area contributed by atoms with Crippen molar-refractivity contribution >= 4 is 28.8 Å². The molecule has 2 heterocycles. The molecule has 8 heteroatoms. The second kappa shape index (κ2) is 6.31. The highest BCUT2D eigenvalue weighted by molar-refractivity contribution is 7.09. The van der Waals surface area contributed by atoms with E-state index in [1.807, 2.05) is 17.5 Å². The molecule has 0 fully saturated rings. The molecule has 0 bridgehead atoms. The normalized spacial score (nSPS) is 10.2. The number of nitro groups is 1. The van der Waals surface area contributed by atoms with Gasteiger partial charge in [-0.05, 0) is 17.5 Å². The van der Waals surface area contributed by atoms with Gasteiger partial charge in [-0.15, -0.1) is 11.3 Å². The molecule has 0 spiro atoms. The van der Waals surface area contributed by atoms with Crippen molar-refractivity contribution < 1.29 is 14.5 Å². The third-order valence-electron chi connectivity index (χ3n) is 2.78. The summed E-state index contributed by atoms with van der Waals surface area (Å²) in [5, 5.41) is 13.0. The van der Waals surface area contributed by atoms with Gasteiger partial charge in [-0.2, -0.15) is 0 Å². The van der Waals surface area contributed by atoms with E-state index in [1.165, 1.54) is 19.2 Å². The highest BCUT2D eigenvalue weighted by Crippen LogP contribution is 2.27. The molecule has 0 saturated heterocycles. The maximum Gasteiger partial charge on any atom is 0.356 e.